The number of carbonyl (C=O) groups is 2. The molecule has 0 bridgehead atoms. The maximum absolute atomic E-state index is 12.6. The molecule has 3 aromatic rings. The van der Waals surface area contributed by atoms with Gasteiger partial charge in [-0.25, -0.2) is 13.2 Å². The number of rotatable bonds is 9. The summed E-state index contributed by atoms with van der Waals surface area (Å²) in [4.78, 5) is 25.5. The molecular formula is C26H29N3O6S. The average molecular weight is 512 g/mol. The van der Waals surface area contributed by atoms with Crippen LogP contribution in [0.4, 0.5) is 16.2 Å². The Morgan fingerprint density at radius 3 is 1.86 bits per heavy atom. The van der Waals surface area contributed by atoms with E-state index in [-0.39, 0.29) is 4.90 Å². The number of ether oxygens (including phenoxy) is 1. The third-order valence-corrected chi connectivity index (χ3v) is 6.86. The summed E-state index contributed by atoms with van der Waals surface area (Å²) < 4.78 is 32.8. The zero-order valence-electron chi connectivity index (χ0n) is 20.4. The zero-order valence-corrected chi connectivity index (χ0v) is 21.2. The lowest BCUT2D eigenvalue weighted by molar-refractivity contribution is -0.140. The van der Waals surface area contributed by atoms with E-state index in [1.54, 1.807) is 62.4 Å². The van der Waals surface area contributed by atoms with Gasteiger partial charge >= 0.3 is 12.1 Å². The van der Waals surface area contributed by atoms with Gasteiger partial charge in [0.05, 0.1) is 4.90 Å². The Balaban J connectivity index is 1.64. The fourth-order valence-electron chi connectivity index (χ4n) is 3.34. The SMILES string of the molecule is CC(C)C(NS(=O)(=O)c1ccc(-c2ccc(OC(=O)Nc3ccc(N(C)C)cc3)cc2)cc1)C(=O)O. The molecule has 3 rings (SSSR count). The van der Waals surface area contributed by atoms with Gasteiger partial charge in [-0.3, -0.25) is 10.1 Å². The summed E-state index contributed by atoms with van der Waals surface area (Å²) in [5.41, 5.74) is 3.13. The van der Waals surface area contributed by atoms with E-state index in [0.717, 1.165) is 16.8 Å². The molecule has 0 saturated carbocycles. The second-order valence-corrected chi connectivity index (χ2v) is 10.4. The number of hydrogen-bond donors (Lipinski definition) is 3. The summed E-state index contributed by atoms with van der Waals surface area (Å²) in [7, 11) is -0.141. The van der Waals surface area contributed by atoms with Crippen molar-refractivity contribution in [1.29, 1.82) is 0 Å². The minimum Gasteiger partial charge on any atom is -0.480 e. The minimum absolute atomic E-state index is 0.0339. The number of carboxylic acids is 1. The van der Waals surface area contributed by atoms with Gasteiger partial charge in [-0.05, 0) is 65.6 Å². The van der Waals surface area contributed by atoms with Crippen LogP contribution in [0.5, 0.6) is 5.75 Å². The van der Waals surface area contributed by atoms with Crippen molar-refractivity contribution in [1.82, 2.24) is 4.72 Å². The van der Waals surface area contributed by atoms with Crippen LogP contribution in [-0.4, -0.2) is 45.7 Å². The van der Waals surface area contributed by atoms with E-state index in [0.29, 0.717) is 11.4 Å². The van der Waals surface area contributed by atoms with Gasteiger partial charge in [-0.15, -0.1) is 0 Å². The van der Waals surface area contributed by atoms with Crippen molar-refractivity contribution < 1.29 is 27.9 Å². The van der Waals surface area contributed by atoms with Crippen molar-refractivity contribution in [2.24, 2.45) is 5.92 Å². The highest BCUT2D eigenvalue weighted by molar-refractivity contribution is 7.89. The van der Waals surface area contributed by atoms with Gasteiger partial charge in [0.1, 0.15) is 11.8 Å². The van der Waals surface area contributed by atoms with E-state index in [1.807, 2.05) is 31.1 Å². The predicted octanol–water partition coefficient (Wildman–Crippen LogP) is 4.42. The van der Waals surface area contributed by atoms with Crippen molar-refractivity contribution >= 4 is 33.5 Å². The highest BCUT2D eigenvalue weighted by Crippen LogP contribution is 2.25. The number of carbonyl (C=O) groups excluding carboxylic acids is 1. The maximum atomic E-state index is 12.6. The molecule has 0 aromatic heterocycles. The Hall–Kier alpha value is -3.89. The predicted molar refractivity (Wildman–Crippen MR) is 139 cm³/mol. The lowest BCUT2D eigenvalue weighted by Crippen LogP contribution is -2.44. The van der Waals surface area contributed by atoms with Crippen molar-refractivity contribution in [3.63, 3.8) is 0 Å². The smallest absolute Gasteiger partial charge is 0.417 e. The summed E-state index contributed by atoms with van der Waals surface area (Å²) in [6.07, 6.45) is -0.622. The molecule has 10 heteroatoms. The van der Waals surface area contributed by atoms with Gasteiger partial charge in [0.2, 0.25) is 10.0 Å². The number of amides is 1. The van der Waals surface area contributed by atoms with E-state index < -0.39 is 34.0 Å². The lowest BCUT2D eigenvalue weighted by atomic mass is 10.1. The monoisotopic (exact) mass is 511 g/mol. The van der Waals surface area contributed by atoms with Gasteiger partial charge < -0.3 is 14.7 Å². The topological polar surface area (TPSA) is 125 Å². The third kappa shape index (κ3) is 6.83. The van der Waals surface area contributed by atoms with Crippen LogP contribution in [0.3, 0.4) is 0 Å². The molecule has 1 atom stereocenters. The molecule has 9 nitrogen and oxygen atoms in total. The molecule has 36 heavy (non-hydrogen) atoms. The first-order valence-electron chi connectivity index (χ1n) is 11.2. The largest absolute Gasteiger partial charge is 0.480 e. The van der Waals surface area contributed by atoms with E-state index in [1.165, 1.54) is 12.1 Å². The van der Waals surface area contributed by atoms with Crippen LogP contribution in [0.2, 0.25) is 0 Å². The Bertz CT molecular complexity index is 1300. The highest BCUT2D eigenvalue weighted by atomic mass is 32.2. The molecule has 0 aliphatic heterocycles. The lowest BCUT2D eigenvalue weighted by Gasteiger charge is -2.18. The van der Waals surface area contributed by atoms with E-state index in [4.69, 9.17) is 4.74 Å². The van der Waals surface area contributed by atoms with E-state index in [9.17, 15) is 23.1 Å². The Morgan fingerprint density at radius 1 is 0.861 bits per heavy atom. The van der Waals surface area contributed by atoms with Crippen LogP contribution in [-0.2, 0) is 14.8 Å². The number of sulfonamides is 1. The van der Waals surface area contributed by atoms with Crippen molar-refractivity contribution in [2.75, 3.05) is 24.3 Å². The molecule has 190 valence electrons. The summed E-state index contributed by atoms with van der Waals surface area (Å²) >= 11 is 0. The molecule has 0 aliphatic carbocycles. The van der Waals surface area contributed by atoms with Crippen LogP contribution < -0.4 is 19.7 Å². The third-order valence-electron chi connectivity index (χ3n) is 5.41. The van der Waals surface area contributed by atoms with Gasteiger partial charge in [0, 0.05) is 25.5 Å². The second-order valence-electron chi connectivity index (χ2n) is 8.69. The summed E-state index contributed by atoms with van der Waals surface area (Å²) in [5, 5.41) is 11.9. The van der Waals surface area contributed by atoms with Gasteiger partial charge in [-0.2, -0.15) is 4.72 Å². The normalized spacial score (nSPS) is 12.1. The van der Waals surface area contributed by atoms with Crippen molar-refractivity contribution in [3.05, 3.63) is 72.8 Å². The fraction of sp³-hybridized carbons (Fsp3) is 0.231. The van der Waals surface area contributed by atoms with Gasteiger partial charge in [-0.1, -0.05) is 38.1 Å². The second kappa shape index (κ2) is 11.2. The van der Waals surface area contributed by atoms with E-state index >= 15 is 0 Å². The number of hydrogen-bond acceptors (Lipinski definition) is 6. The molecule has 0 radical (unpaired) electrons. The molecule has 0 fully saturated rings. The zero-order chi connectivity index (χ0) is 26.5. The van der Waals surface area contributed by atoms with Crippen LogP contribution in [0.15, 0.2) is 77.7 Å². The van der Waals surface area contributed by atoms with Crippen LogP contribution in [0, 0.1) is 5.92 Å². The average Bonchev–Trinajstić information content (AvgIpc) is 2.83. The Morgan fingerprint density at radius 2 is 1.39 bits per heavy atom. The first kappa shape index (κ1) is 26.7. The van der Waals surface area contributed by atoms with E-state index in [2.05, 4.69) is 10.0 Å². The summed E-state index contributed by atoms with van der Waals surface area (Å²) in [5.74, 6) is -1.30. The number of nitrogens with one attached hydrogen (secondary N) is 2. The van der Waals surface area contributed by atoms with Crippen molar-refractivity contribution in [3.8, 4) is 16.9 Å². The molecule has 0 spiro atoms. The Kier molecular flexibility index (Phi) is 8.33. The molecule has 1 unspecified atom stereocenters. The fourth-order valence-corrected chi connectivity index (χ4v) is 4.68. The summed E-state index contributed by atoms with van der Waals surface area (Å²) in [6, 6.07) is 18.9. The number of carboxylic acid groups (broad SMARTS) is 1. The highest BCUT2D eigenvalue weighted by Gasteiger charge is 2.28. The van der Waals surface area contributed by atoms with Gasteiger partial charge in [0.25, 0.3) is 0 Å². The summed E-state index contributed by atoms with van der Waals surface area (Å²) in [6.45, 7) is 3.26. The molecule has 0 aliphatic rings. The molecule has 3 N–H and O–H groups in total. The quantitative estimate of drug-likeness (QED) is 0.388. The first-order valence-corrected chi connectivity index (χ1v) is 12.7. The van der Waals surface area contributed by atoms with Crippen LogP contribution in [0.1, 0.15) is 13.8 Å². The molecule has 3 aromatic carbocycles. The molecule has 0 heterocycles. The number of aliphatic carboxylic acids is 1. The van der Waals surface area contributed by atoms with Crippen molar-refractivity contribution in [2.45, 2.75) is 24.8 Å². The molecule has 0 saturated heterocycles. The number of anilines is 2. The number of nitrogens with zero attached hydrogens (tertiary/aromatic N) is 1. The number of benzene rings is 3. The molecule has 1 amide bonds. The Labute approximate surface area is 210 Å². The van der Waals surface area contributed by atoms with Gasteiger partial charge in [0.15, 0.2) is 0 Å². The standard InChI is InChI=1S/C26H29N3O6S/c1-17(2)24(25(30)31)28-36(33,34)23-15-7-19(8-16-23)18-5-13-22(14-6-18)35-26(32)27-20-9-11-21(12-10-20)29(3)4/h5-17,24,28H,1-4H3,(H,27,32)(H,30,31). The minimum atomic E-state index is -4.00. The van der Waals surface area contributed by atoms with Crippen LogP contribution >= 0.6 is 0 Å². The maximum Gasteiger partial charge on any atom is 0.417 e. The molecular weight excluding hydrogens is 482 g/mol. The first-order chi connectivity index (χ1) is 17.0. The van der Waals surface area contributed by atoms with Crippen LogP contribution in [0.25, 0.3) is 11.1 Å².